The number of carboxylic acids is 1. The standard InChI is InChI=1S/C15H22N6O6/c1-13(3-2-4-13)10(24)27-6-5-21-12(17)18-7(9(22)23)8-14(21,15(6,25)26)20-11(16)19-8/h6-8,25-26H,2-5H2,1H3,(H2,17,18)(H,22,23)(H3,16,19,20)/p+1/t6-,7+,8-,14-/m0/s1. The summed E-state index contributed by atoms with van der Waals surface area (Å²) in [5, 5.41) is 34.2. The number of nitrogens with two attached hydrogens (primary N) is 2. The first-order valence-electron chi connectivity index (χ1n) is 8.69. The second-order valence-corrected chi connectivity index (χ2v) is 7.84. The van der Waals surface area contributed by atoms with Crippen LogP contribution in [0.3, 0.4) is 0 Å². The van der Waals surface area contributed by atoms with Crippen LogP contribution in [0.4, 0.5) is 0 Å². The number of rotatable bonds is 3. The van der Waals surface area contributed by atoms with Crippen molar-refractivity contribution in [3.8, 4) is 0 Å². The summed E-state index contributed by atoms with van der Waals surface area (Å²) in [4.78, 5) is 32.1. The number of nitrogens with zero attached hydrogens (tertiary/aromatic N) is 2. The van der Waals surface area contributed by atoms with Crippen LogP contribution >= 0.6 is 0 Å². The van der Waals surface area contributed by atoms with E-state index in [1.54, 1.807) is 6.92 Å². The van der Waals surface area contributed by atoms with E-state index in [4.69, 9.17) is 16.2 Å². The number of nitrogens with one attached hydrogen (secondary N) is 2. The molecule has 9 N–H and O–H groups in total. The van der Waals surface area contributed by atoms with Crippen molar-refractivity contribution in [3.05, 3.63) is 0 Å². The van der Waals surface area contributed by atoms with Crippen molar-refractivity contribution >= 4 is 23.9 Å². The lowest BCUT2D eigenvalue weighted by Gasteiger charge is -2.45. The molecule has 1 spiro atoms. The lowest BCUT2D eigenvalue weighted by Crippen LogP contribution is -2.90. The van der Waals surface area contributed by atoms with Gasteiger partial charge >= 0.3 is 17.9 Å². The van der Waals surface area contributed by atoms with E-state index in [0.29, 0.717) is 12.8 Å². The number of carbonyl (C=O) groups is 2. The van der Waals surface area contributed by atoms with Crippen LogP contribution < -0.4 is 21.8 Å². The Labute approximate surface area is 153 Å². The highest BCUT2D eigenvalue weighted by Gasteiger charge is 2.78. The average Bonchev–Trinajstić information content (AvgIpc) is 3.01. The number of aliphatic carboxylic acids is 1. The quantitative estimate of drug-likeness (QED) is 0.183. The van der Waals surface area contributed by atoms with E-state index in [-0.39, 0.29) is 18.5 Å². The SMILES string of the molecule is CC1(C(=O)O[C@H]2CN3C(N)=N[C@@H](C(=O)O)[C@@H]4[NH+]=C(N)N[C@@]43C2(O)O)CCC1. The molecule has 12 nitrogen and oxygen atoms in total. The minimum atomic E-state index is -2.68. The van der Waals surface area contributed by atoms with Crippen LogP contribution in [0.25, 0.3) is 0 Å². The van der Waals surface area contributed by atoms with Gasteiger partial charge < -0.3 is 25.8 Å². The van der Waals surface area contributed by atoms with Gasteiger partial charge in [0.15, 0.2) is 24.1 Å². The van der Waals surface area contributed by atoms with E-state index < -0.39 is 47.0 Å². The van der Waals surface area contributed by atoms with E-state index in [2.05, 4.69) is 15.3 Å². The molecule has 0 bridgehead atoms. The van der Waals surface area contributed by atoms with Crippen molar-refractivity contribution in [1.82, 2.24) is 10.2 Å². The van der Waals surface area contributed by atoms with Crippen LogP contribution in [-0.4, -0.2) is 80.3 Å². The average molecular weight is 383 g/mol. The van der Waals surface area contributed by atoms with E-state index in [0.717, 1.165) is 6.42 Å². The zero-order valence-electron chi connectivity index (χ0n) is 14.7. The van der Waals surface area contributed by atoms with Gasteiger partial charge in [-0.2, -0.15) is 0 Å². The number of carbonyl (C=O) groups excluding carboxylic acids is 1. The molecule has 0 aromatic rings. The summed E-state index contributed by atoms with van der Waals surface area (Å²) in [7, 11) is 0. The van der Waals surface area contributed by atoms with Gasteiger partial charge in [-0.3, -0.25) is 20.4 Å². The molecule has 0 unspecified atom stereocenters. The Morgan fingerprint density at radius 1 is 1.37 bits per heavy atom. The van der Waals surface area contributed by atoms with E-state index in [9.17, 15) is 24.9 Å². The summed E-state index contributed by atoms with van der Waals surface area (Å²) in [6.07, 6.45) is 0.830. The summed E-state index contributed by atoms with van der Waals surface area (Å²) in [6, 6.07) is -2.58. The highest BCUT2D eigenvalue weighted by Crippen LogP contribution is 2.45. The molecule has 4 rings (SSSR count). The smallest absolute Gasteiger partial charge is 0.343 e. The maximum Gasteiger partial charge on any atom is 0.343 e. The zero-order valence-corrected chi connectivity index (χ0v) is 14.7. The first-order valence-corrected chi connectivity index (χ1v) is 8.69. The first-order chi connectivity index (χ1) is 12.5. The molecule has 1 aliphatic carbocycles. The van der Waals surface area contributed by atoms with Gasteiger partial charge in [0, 0.05) is 0 Å². The van der Waals surface area contributed by atoms with Crippen molar-refractivity contribution in [2.45, 2.75) is 55.8 Å². The molecule has 4 atom stereocenters. The summed E-state index contributed by atoms with van der Waals surface area (Å²) in [5.74, 6) is -4.82. The second-order valence-electron chi connectivity index (χ2n) is 7.84. The highest BCUT2D eigenvalue weighted by molar-refractivity contribution is 5.89. The molecule has 3 heterocycles. The van der Waals surface area contributed by atoms with Crippen LogP contribution in [-0.2, 0) is 14.3 Å². The van der Waals surface area contributed by atoms with Crippen molar-refractivity contribution in [1.29, 1.82) is 0 Å². The number of ether oxygens (including phenoxy) is 1. The third-order valence-electron chi connectivity index (χ3n) is 6.19. The summed E-state index contributed by atoms with van der Waals surface area (Å²) in [6.45, 7) is 1.57. The Hall–Kier alpha value is -2.60. The Kier molecular flexibility index (Phi) is 3.44. The van der Waals surface area contributed by atoms with Gasteiger partial charge in [-0.1, -0.05) is 6.42 Å². The number of aliphatic imine (C=N–C) groups is 1. The predicted molar refractivity (Wildman–Crippen MR) is 88.6 cm³/mol. The van der Waals surface area contributed by atoms with Crippen molar-refractivity contribution in [2.75, 3.05) is 6.54 Å². The van der Waals surface area contributed by atoms with Crippen LogP contribution in [0.5, 0.6) is 0 Å². The van der Waals surface area contributed by atoms with E-state index >= 15 is 0 Å². The summed E-state index contributed by atoms with van der Waals surface area (Å²) >= 11 is 0. The van der Waals surface area contributed by atoms with Gasteiger partial charge in [0.1, 0.15) is 0 Å². The molecule has 3 aliphatic heterocycles. The van der Waals surface area contributed by atoms with E-state index in [1.807, 2.05) is 0 Å². The number of guanidine groups is 2. The molecule has 12 heteroatoms. The molecule has 4 aliphatic rings. The third-order valence-corrected chi connectivity index (χ3v) is 6.19. The molecule has 0 amide bonds. The minimum Gasteiger partial charge on any atom is -0.480 e. The van der Waals surface area contributed by atoms with Crippen LogP contribution in [0, 0.1) is 5.41 Å². The lowest BCUT2D eigenvalue weighted by atomic mass is 9.70. The van der Waals surface area contributed by atoms with Gasteiger partial charge in [0.25, 0.3) is 11.4 Å². The zero-order chi connectivity index (χ0) is 19.8. The van der Waals surface area contributed by atoms with Gasteiger partial charge in [-0.05, 0) is 19.8 Å². The molecule has 1 saturated carbocycles. The Bertz CT molecular complexity index is 777. The maximum atomic E-state index is 12.5. The Morgan fingerprint density at radius 3 is 2.59 bits per heavy atom. The third kappa shape index (κ3) is 2.10. The monoisotopic (exact) mass is 383 g/mol. The molecule has 0 aromatic heterocycles. The molecule has 0 aromatic carbocycles. The first kappa shape index (κ1) is 17.8. The minimum absolute atomic E-state index is 0.0634. The maximum absolute atomic E-state index is 12.5. The molecule has 27 heavy (non-hydrogen) atoms. The topological polar surface area (TPSA) is 198 Å². The Morgan fingerprint density at radius 2 is 2.04 bits per heavy atom. The van der Waals surface area contributed by atoms with Crippen molar-refractivity contribution < 1.29 is 34.6 Å². The van der Waals surface area contributed by atoms with Crippen molar-refractivity contribution in [2.24, 2.45) is 21.9 Å². The fraction of sp³-hybridized carbons (Fsp3) is 0.733. The number of esters is 1. The number of aliphatic hydroxyl groups is 2. The second kappa shape index (κ2) is 5.23. The van der Waals surface area contributed by atoms with Crippen LogP contribution in [0.2, 0.25) is 0 Å². The largest absolute Gasteiger partial charge is 0.480 e. The molecule has 1 saturated heterocycles. The van der Waals surface area contributed by atoms with Crippen LogP contribution in [0.15, 0.2) is 4.99 Å². The molecule has 148 valence electrons. The van der Waals surface area contributed by atoms with Gasteiger partial charge in [-0.25, -0.2) is 15.1 Å². The lowest BCUT2D eigenvalue weighted by molar-refractivity contribution is -0.520. The van der Waals surface area contributed by atoms with Gasteiger partial charge in [-0.15, -0.1) is 0 Å². The fourth-order valence-corrected chi connectivity index (χ4v) is 4.40. The Balaban J connectivity index is 1.71. The number of carboxylic acid groups (broad SMARTS) is 1. The summed E-state index contributed by atoms with van der Waals surface area (Å²) < 4.78 is 5.45. The predicted octanol–water partition coefficient (Wildman–Crippen LogP) is -5.07. The fourth-order valence-electron chi connectivity index (χ4n) is 4.40. The number of hydrogen-bond acceptors (Lipinski definition) is 10. The van der Waals surface area contributed by atoms with Gasteiger partial charge in [0.05, 0.1) is 12.0 Å². The summed E-state index contributed by atoms with van der Waals surface area (Å²) in [5.41, 5.74) is 9.18. The van der Waals surface area contributed by atoms with Crippen molar-refractivity contribution in [3.63, 3.8) is 0 Å². The molecular weight excluding hydrogens is 360 g/mol. The molecule has 0 radical (unpaired) electrons. The normalized spacial score (nSPS) is 37.9. The highest BCUT2D eigenvalue weighted by atomic mass is 16.6. The number of hydrogen-bond donors (Lipinski definition) is 7. The van der Waals surface area contributed by atoms with Crippen LogP contribution in [0.1, 0.15) is 26.2 Å². The molecular formula is C15H23N6O6+. The van der Waals surface area contributed by atoms with Gasteiger partial charge in [0.2, 0.25) is 0 Å². The van der Waals surface area contributed by atoms with E-state index in [1.165, 1.54) is 4.90 Å². The molecule has 2 fully saturated rings.